The number of nitrogens with two attached hydrogens (primary N) is 1. The van der Waals surface area contributed by atoms with E-state index in [0.29, 0.717) is 19.6 Å². The highest BCUT2D eigenvalue weighted by Crippen LogP contribution is 2.22. The molecule has 0 saturated carbocycles. The van der Waals surface area contributed by atoms with E-state index in [4.69, 9.17) is 10.5 Å². The highest BCUT2D eigenvalue weighted by Gasteiger charge is 2.26. The molecule has 2 nitrogen and oxygen atoms in total. The number of halogens is 3. The molecular formula is C8H16F3NO. The molecule has 5 heteroatoms. The van der Waals surface area contributed by atoms with Crippen LogP contribution in [0, 0.1) is 0 Å². The van der Waals surface area contributed by atoms with Gasteiger partial charge in [-0.05, 0) is 19.8 Å². The Bertz CT molecular complexity index is 127. The van der Waals surface area contributed by atoms with Crippen LogP contribution in [-0.2, 0) is 4.74 Å². The fraction of sp³-hybridized carbons (Fsp3) is 1.00. The maximum Gasteiger partial charge on any atom is 0.389 e. The van der Waals surface area contributed by atoms with E-state index in [9.17, 15) is 13.2 Å². The third kappa shape index (κ3) is 9.63. The summed E-state index contributed by atoms with van der Waals surface area (Å²) >= 11 is 0. The van der Waals surface area contributed by atoms with E-state index in [0.717, 1.165) is 0 Å². The second kappa shape index (κ2) is 6.21. The average molecular weight is 199 g/mol. The third-order valence-electron chi connectivity index (χ3n) is 1.57. The maximum absolute atomic E-state index is 11.7. The molecule has 0 aliphatic rings. The first kappa shape index (κ1) is 12.7. The van der Waals surface area contributed by atoms with E-state index in [2.05, 4.69) is 0 Å². The molecular weight excluding hydrogens is 183 g/mol. The number of hydrogen-bond donors (Lipinski definition) is 1. The Kier molecular flexibility index (Phi) is 6.07. The molecule has 2 N–H and O–H groups in total. The molecule has 1 atom stereocenters. The van der Waals surface area contributed by atoms with Gasteiger partial charge in [0.2, 0.25) is 0 Å². The van der Waals surface area contributed by atoms with Crippen molar-refractivity contribution in [1.82, 2.24) is 0 Å². The van der Waals surface area contributed by atoms with Crippen LogP contribution in [0.4, 0.5) is 13.2 Å². The molecule has 0 aliphatic carbocycles. The SMILES string of the molecule is CCOCC(N)CCCC(F)(F)F. The van der Waals surface area contributed by atoms with Gasteiger partial charge in [-0.25, -0.2) is 0 Å². The van der Waals surface area contributed by atoms with Crippen LogP contribution in [0.2, 0.25) is 0 Å². The molecule has 0 radical (unpaired) electrons. The lowest BCUT2D eigenvalue weighted by atomic mass is 10.1. The predicted octanol–water partition coefficient (Wildman–Crippen LogP) is 2.08. The molecule has 0 spiro atoms. The predicted molar refractivity (Wildman–Crippen MR) is 44.4 cm³/mol. The number of ether oxygens (including phenoxy) is 1. The minimum atomic E-state index is -4.06. The molecule has 0 aromatic carbocycles. The summed E-state index contributed by atoms with van der Waals surface area (Å²) in [6.45, 7) is 2.71. The lowest BCUT2D eigenvalue weighted by molar-refractivity contribution is -0.135. The summed E-state index contributed by atoms with van der Waals surface area (Å²) in [7, 11) is 0. The quantitative estimate of drug-likeness (QED) is 0.710. The van der Waals surface area contributed by atoms with E-state index < -0.39 is 12.6 Å². The van der Waals surface area contributed by atoms with Crippen molar-refractivity contribution in [2.45, 2.75) is 38.4 Å². The van der Waals surface area contributed by atoms with Crippen LogP contribution < -0.4 is 5.73 Å². The van der Waals surface area contributed by atoms with Crippen LogP contribution in [0.3, 0.4) is 0 Å². The first-order chi connectivity index (χ1) is 5.95. The van der Waals surface area contributed by atoms with Crippen molar-refractivity contribution in [3.05, 3.63) is 0 Å². The highest BCUT2D eigenvalue weighted by atomic mass is 19.4. The Labute approximate surface area is 76.2 Å². The van der Waals surface area contributed by atoms with Crippen LogP contribution in [0.1, 0.15) is 26.2 Å². The molecule has 0 saturated heterocycles. The van der Waals surface area contributed by atoms with Crippen molar-refractivity contribution >= 4 is 0 Å². The Morgan fingerprint density at radius 2 is 2.00 bits per heavy atom. The van der Waals surface area contributed by atoms with Gasteiger partial charge in [-0.2, -0.15) is 13.2 Å². The smallest absolute Gasteiger partial charge is 0.380 e. The molecule has 80 valence electrons. The van der Waals surface area contributed by atoms with Crippen molar-refractivity contribution < 1.29 is 17.9 Å². The first-order valence-electron chi connectivity index (χ1n) is 4.35. The Balaban J connectivity index is 3.31. The summed E-state index contributed by atoms with van der Waals surface area (Å²) in [4.78, 5) is 0. The molecule has 0 bridgehead atoms. The largest absolute Gasteiger partial charge is 0.389 e. The van der Waals surface area contributed by atoms with Gasteiger partial charge in [-0.1, -0.05) is 0 Å². The van der Waals surface area contributed by atoms with Gasteiger partial charge in [0.15, 0.2) is 0 Å². The average Bonchev–Trinajstić information content (AvgIpc) is 1.98. The van der Waals surface area contributed by atoms with Gasteiger partial charge in [-0.15, -0.1) is 0 Å². The minimum Gasteiger partial charge on any atom is -0.380 e. The number of hydrogen-bond acceptors (Lipinski definition) is 2. The highest BCUT2D eigenvalue weighted by molar-refractivity contribution is 4.61. The molecule has 0 rings (SSSR count). The maximum atomic E-state index is 11.7. The summed E-state index contributed by atoms with van der Waals surface area (Å²) in [5, 5.41) is 0. The monoisotopic (exact) mass is 199 g/mol. The first-order valence-corrected chi connectivity index (χ1v) is 4.35. The van der Waals surface area contributed by atoms with Crippen LogP contribution in [0.15, 0.2) is 0 Å². The lowest BCUT2D eigenvalue weighted by Gasteiger charge is -2.11. The fourth-order valence-corrected chi connectivity index (χ4v) is 0.917. The normalized spacial score (nSPS) is 14.5. The molecule has 0 aromatic rings. The van der Waals surface area contributed by atoms with Gasteiger partial charge >= 0.3 is 6.18 Å². The summed E-state index contributed by atoms with van der Waals surface area (Å²) in [6.07, 6.45) is -4.38. The van der Waals surface area contributed by atoms with Crippen molar-refractivity contribution in [3.8, 4) is 0 Å². The molecule has 1 unspecified atom stereocenters. The minimum absolute atomic E-state index is 0.0811. The zero-order valence-electron chi connectivity index (χ0n) is 7.73. The number of alkyl halides is 3. The fourth-order valence-electron chi connectivity index (χ4n) is 0.917. The van der Waals surface area contributed by atoms with Crippen LogP contribution >= 0.6 is 0 Å². The van der Waals surface area contributed by atoms with Gasteiger partial charge in [0, 0.05) is 19.1 Å². The second-order valence-electron chi connectivity index (χ2n) is 2.93. The zero-order valence-corrected chi connectivity index (χ0v) is 7.73. The number of rotatable bonds is 6. The Morgan fingerprint density at radius 3 is 2.46 bits per heavy atom. The van der Waals surface area contributed by atoms with E-state index in [1.54, 1.807) is 0 Å². The standard InChI is InChI=1S/C8H16F3NO/c1-2-13-6-7(12)4-3-5-8(9,10)11/h7H,2-6,12H2,1H3. The van der Waals surface area contributed by atoms with Gasteiger partial charge in [0.05, 0.1) is 6.61 Å². The van der Waals surface area contributed by atoms with Gasteiger partial charge < -0.3 is 10.5 Å². The van der Waals surface area contributed by atoms with Crippen molar-refractivity contribution in [2.75, 3.05) is 13.2 Å². The van der Waals surface area contributed by atoms with Crippen molar-refractivity contribution in [1.29, 1.82) is 0 Å². The van der Waals surface area contributed by atoms with E-state index in [1.165, 1.54) is 0 Å². The summed E-state index contributed by atoms with van der Waals surface area (Å²) in [6, 6.07) is -0.276. The van der Waals surface area contributed by atoms with Crippen molar-refractivity contribution in [2.24, 2.45) is 5.73 Å². The molecule has 0 aliphatic heterocycles. The molecule has 0 fully saturated rings. The van der Waals surface area contributed by atoms with Gasteiger partial charge in [0.25, 0.3) is 0 Å². The lowest BCUT2D eigenvalue weighted by Crippen LogP contribution is -2.26. The second-order valence-corrected chi connectivity index (χ2v) is 2.93. The van der Waals surface area contributed by atoms with Gasteiger partial charge in [-0.3, -0.25) is 0 Å². The van der Waals surface area contributed by atoms with Gasteiger partial charge in [0.1, 0.15) is 0 Å². The summed E-state index contributed by atoms with van der Waals surface area (Å²) in [5.74, 6) is 0. The third-order valence-corrected chi connectivity index (χ3v) is 1.57. The molecule has 0 amide bonds. The Hall–Kier alpha value is -0.290. The topological polar surface area (TPSA) is 35.2 Å². The van der Waals surface area contributed by atoms with E-state index >= 15 is 0 Å². The van der Waals surface area contributed by atoms with E-state index in [1.807, 2.05) is 6.92 Å². The molecule has 0 aromatic heterocycles. The van der Waals surface area contributed by atoms with Crippen molar-refractivity contribution in [3.63, 3.8) is 0 Å². The van der Waals surface area contributed by atoms with Crippen LogP contribution in [0.5, 0.6) is 0 Å². The van der Waals surface area contributed by atoms with E-state index in [-0.39, 0.29) is 12.5 Å². The van der Waals surface area contributed by atoms with Crippen LogP contribution in [-0.4, -0.2) is 25.4 Å². The summed E-state index contributed by atoms with van der Waals surface area (Å²) < 4.78 is 40.0. The molecule has 13 heavy (non-hydrogen) atoms. The molecule has 0 heterocycles. The van der Waals surface area contributed by atoms with Crippen LogP contribution in [0.25, 0.3) is 0 Å². The summed E-state index contributed by atoms with van der Waals surface area (Å²) in [5.41, 5.74) is 5.50. The zero-order chi connectivity index (χ0) is 10.3. The Morgan fingerprint density at radius 1 is 1.38 bits per heavy atom.